The van der Waals surface area contributed by atoms with E-state index in [9.17, 15) is 19.7 Å². The Kier molecular flexibility index (Phi) is 5.81. The number of carbonyl (C=O) groups is 2. The molecular formula is C21H23N3O5. The second-order valence-corrected chi connectivity index (χ2v) is 7.10. The standard InChI is InChI=1S/C21H23N3O5/c1-13-12-16(14(2)23(13)17-9-10-17)8-11-20(25)29-15(3)21(26)22-18-6-4-5-7-19(18)24(27)28/h4-8,11-12,15,17H,9-10H2,1-3H3,(H,22,26)/b11-8+/t15-/m0/s1. The van der Waals surface area contributed by atoms with Crippen LogP contribution in [0.2, 0.25) is 0 Å². The Labute approximate surface area is 168 Å². The summed E-state index contributed by atoms with van der Waals surface area (Å²) in [4.78, 5) is 34.8. The Hall–Kier alpha value is -3.42. The first-order chi connectivity index (χ1) is 13.8. The molecule has 1 aliphatic rings. The van der Waals surface area contributed by atoms with Crippen LogP contribution < -0.4 is 5.32 Å². The maximum absolute atomic E-state index is 12.2. The van der Waals surface area contributed by atoms with Crippen LogP contribution in [0.1, 0.15) is 42.8 Å². The Balaban J connectivity index is 1.60. The van der Waals surface area contributed by atoms with Crippen molar-refractivity contribution in [3.8, 4) is 0 Å². The molecule has 1 saturated carbocycles. The summed E-state index contributed by atoms with van der Waals surface area (Å²) in [6, 6.07) is 8.34. The highest BCUT2D eigenvalue weighted by molar-refractivity contribution is 5.98. The minimum Gasteiger partial charge on any atom is -0.449 e. The molecule has 8 nitrogen and oxygen atoms in total. The van der Waals surface area contributed by atoms with Gasteiger partial charge in [-0.15, -0.1) is 0 Å². The van der Waals surface area contributed by atoms with Crippen LogP contribution in [0.25, 0.3) is 6.08 Å². The number of carbonyl (C=O) groups excluding carboxylic acids is 2. The number of aromatic nitrogens is 1. The van der Waals surface area contributed by atoms with Crippen LogP contribution in [0, 0.1) is 24.0 Å². The Morgan fingerprint density at radius 3 is 2.66 bits per heavy atom. The fourth-order valence-electron chi connectivity index (χ4n) is 3.26. The van der Waals surface area contributed by atoms with Gasteiger partial charge in [0.2, 0.25) is 0 Å². The van der Waals surface area contributed by atoms with Crippen molar-refractivity contribution in [2.75, 3.05) is 5.32 Å². The van der Waals surface area contributed by atoms with Crippen molar-refractivity contribution in [1.29, 1.82) is 0 Å². The maximum Gasteiger partial charge on any atom is 0.331 e. The summed E-state index contributed by atoms with van der Waals surface area (Å²) in [5.41, 5.74) is 2.99. The number of nitro groups is 1. The van der Waals surface area contributed by atoms with Gasteiger partial charge in [-0.05, 0) is 57.4 Å². The van der Waals surface area contributed by atoms with Crippen LogP contribution in [0.15, 0.2) is 36.4 Å². The van der Waals surface area contributed by atoms with Gasteiger partial charge in [0.1, 0.15) is 5.69 Å². The summed E-state index contributed by atoms with van der Waals surface area (Å²) in [7, 11) is 0. The van der Waals surface area contributed by atoms with E-state index >= 15 is 0 Å². The van der Waals surface area contributed by atoms with E-state index in [0.29, 0.717) is 6.04 Å². The van der Waals surface area contributed by atoms with Gasteiger partial charge in [0, 0.05) is 29.6 Å². The molecule has 1 aromatic heterocycles. The molecule has 29 heavy (non-hydrogen) atoms. The smallest absolute Gasteiger partial charge is 0.331 e. The summed E-state index contributed by atoms with van der Waals surface area (Å²) in [6.07, 6.45) is 4.21. The number of rotatable bonds is 7. The van der Waals surface area contributed by atoms with Crippen molar-refractivity contribution in [2.45, 2.75) is 45.8 Å². The molecule has 2 aromatic rings. The van der Waals surface area contributed by atoms with Crippen molar-refractivity contribution in [3.05, 3.63) is 63.5 Å². The first-order valence-electron chi connectivity index (χ1n) is 9.39. The number of amides is 1. The molecule has 0 radical (unpaired) electrons. The third-order valence-corrected chi connectivity index (χ3v) is 4.86. The minimum atomic E-state index is -1.11. The fraction of sp³-hybridized carbons (Fsp3) is 0.333. The Bertz CT molecular complexity index is 988. The number of ether oxygens (including phenoxy) is 1. The molecule has 0 bridgehead atoms. The maximum atomic E-state index is 12.2. The molecule has 8 heteroatoms. The van der Waals surface area contributed by atoms with E-state index in [2.05, 4.69) is 9.88 Å². The summed E-state index contributed by atoms with van der Waals surface area (Å²) in [5.74, 6) is -1.31. The zero-order valence-corrected chi connectivity index (χ0v) is 16.5. The molecule has 0 spiro atoms. The van der Waals surface area contributed by atoms with Gasteiger partial charge in [0.05, 0.1) is 4.92 Å². The highest BCUT2D eigenvalue weighted by Gasteiger charge is 2.26. The predicted octanol–water partition coefficient (Wildman–Crippen LogP) is 3.93. The van der Waals surface area contributed by atoms with Crippen LogP contribution >= 0.6 is 0 Å². The lowest BCUT2D eigenvalue weighted by molar-refractivity contribution is -0.383. The molecule has 1 aromatic carbocycles. The lowest BCUT2D eigenvalue weighted by Crippen LogP contribution is -2.29. The molecule has 0 aliphatic heterocycles. The van der Waals surface area contributed by atoms with Crippen LogP contribution in [-0.2, 0) is 14.3 Å². The van der Waals surface area contributed by atoms with Crippen molar-refractivity contribution in [2.24, 2.45) is 0 Å². The quantitative estimate of drug-likeness (QED) is 0.330. The second-order valence-electron chi connectivity index (χ2n) is 7.10. The van der Waals surface area contributed by atoms with Gasteiger partial charge in [0.25, 0.3) is 11.6 Å². The van der Waals surface area contributed by atoms with Gasteiger partial charge in [-0.1, -0.05) is 12.1 Å². The van der Waals surface area contributed by atoms with E-state index in [1.165, 1.54) is 44.0 Å². The molecule has 1 fully saturated rings. The van der Waals surface area contributed by atoms with Crippen molar-refractivity contribution in [1.82, 2.24) is 4.57 Å². The zero-order valence-electron chi connectivity index (χ0n) is 16.5. The zero-order chi connectivity index (χ0) is 21.1. The monoisotopic (exact) mass is 397 g/mol. The van der Waals surface area contributed by atoms with Crippen LogP contribution in [0.5, 0.6) is 0 Å². The molecule has 0 saturated heterocycles. The van der Waals surface area contributed by atoms with E-state index < -0.39 is 22.9 Å². The molecule has 1 amide bonds. The second kappa shape index (κ2) is 8.30. The minimum absolute atomic E-state index is 0.0495. The molecule has 1 heterocycles. The normalized spacial score (nSPS) is 14.6. The average Bonchev–Trinajstić information content (AvgIpc) is 3.45. The highest BCUT2D eigenvalue weighted by atomic mass is 16.6. The number of nitrogens with zero attached hydrogens (tertiary/aromatic N) is 2. The van der Waals surface area contributed by atoms with E-state index in [4.69, 9.17) is 4.74 Å². The summed E-state index contributed by atoms with van der Waals surface area (Å²) in [5, 5.41) is 13.5. The van der Waals surface area contributed by atoms with Crippen molar-refractivity contribution < 1.29 is 19.2 Å². The Morgan fingerprint density at radius 2 is 2.00 bits per heavy atom. The van der Waals surface area contributed by atoms with Crippen LogP contribution in [-0.4, -0.2) is 27.5 Å². The third-order valence-electron chi connectivity index (χ3n) is 4.86. The van der Waals surface area contributed by atoms with E-state index in [0.717, 1.165) is 17.0 Å². The highest BCUT2D eigenvalue weighted by Crippen LogP contribution is 2.38. The van der Waals surface area contributed by atoms with E-state index in [-0.39, 0.29) is 11.4 Å². The topological polar surface area (TPSA) is 103 Å². The molecule has 3 rings (SSSR count). The lowest BCUT2D eigenvalue weighted by Gasteiger charge is -2.12. The van der Waals surface area contributed by atoms with Crippen LogP contribution in [0.4, 0.5) is 11.4 Å². The van der Waals surface area contributed by atoms with Crippen LogP contribution in [0.3, 0.4) is 0 Å². The number of aryl methyl sites for hydroxylation is 1. The SMILES string of the molecule is Cc1cc(/C=C/C(=O)O[C@@H](C)C(=O)Nc2ccccc2[N+](=O)[O-])c(C)n1C1CC1. The molecule has 1 N–H and O–H groups in total. The number of anilines is 1. The average molecular weight is 397 g/mol. The first kappa shape index (κ1) is 20.3. The third kappa shape index (κ3) is 4.71. The van der Waals surface area contributed by atoms with Gasteiger partial charge in [-0.2, -0.15) is 0 Å². The number of nitrogens with one attached hydrogen (secondary N) is 1. The van der Waals surface area contributed by atoms with Gasteiger partial charge >= 0.3 is 5.97 Å². The summed E-state index contributed by atoms with van der Waals surface area (Å²) < 4.78 is 7.40. The summed E-state index contributed by atoms with van der Waals surface area (Å²) in [6.45, 7) is 5.46. The number of benzene rings is 1. The van der Waals surface area contributed by atoms with Gasteiger partial charge < -0.3 is 14.6 Å². The molecule has 1 atom stereocenters. The van der Waals surface area contributed by atoms with E-state index in [1.54, 1.807) is 12.1 Å². The van der Waals surface area contributed by atoms with Gasteiger partial charge in [-0.3, -0.25) is 14.9 Å². The molecule has 152 valence electrons. The summed E-state index contributed by atoms with van der Waals surface area (Å²) >= 11 is 0. The predicted molar refractivity (Wildman–Crippen MR) is 108 cm³/mol. The number of hydrogen-bond donors (Lipinski definition) is 1. The van der Waals surface area contributed by atoms with Gasteiger partial charge in [0.15, 0.2) is 6.10 Å². The van der Waals surface area contributed by atoms with Gasteiger partial charge in [-0.25, -0.2) is 4.79 Å². The van der Waals surface area contributed by atoms with Crippen molar-refractivity contribution >= 4 is 29.3 Å². The number of hydrogen-bond acceptors (Lipinski definition) is 5. The lowest BCUT2D eigenvalue weighted by atomic mass is 10.2. The fourth-order valence-corrected chi connectivity index (χ4v) is 3.26. The molecule has 0 unspecified atom stereocenters. The van der Waals surface area contributed by atoms with Crippen molar-refractivity contribution in [3.63, 3.8) is 0 Å². The first-order valence-corrected chi connectivity index (χ1v) is 9.39. The number of para-hydroxylation sites is 2. The molecular weight excluding hydrogens is 374 g/mol. The molecule has 1 aliphatic carbocycles. The number of esters is 1. The Morgan fingerprint density at radius 1 is 1.31 bits per heavy atom. The largest absolute Gasteiger partial charge is 0.449 e. The van der Waals surface area contributed by atoms with E-state index in [1.807, 2.05) is 19.9 Å². The number of nitro benzene ring substituents is 1.